The molecule has 23 heavy (non-hydrogen) atoms. The van der Waals surface area contributed by atoms with E-state index in [0.717, 1.165) is 12.1 Å². The highest BCUT2D eigenvalue weighted by molar-refractivity contribution is 5.96. The van der Waals surface area contributed by atoms with Gasteiger partial charge in [0.05, 0.1) is 5.39 Å². The zero-order chi connectivity index (χ0) is 17.1. The van der Waals surface area contributed by atoms with Crippen LogP contribution in [0.2, 0.25) is 0 Å². The molecule has 0 saturated heterocycles. The monoisotopic (exact) mass is 322 g/mol. The van der Waals surface area contributed by atoms with Gasteiger partial charge in [-0.3, -0.25) is 9.59 Å². The maximum Gasteiger partial charge on any atom is 0.270 e. The molecule has 0 aliphatic heterocycles. The Morgan fingerprint density at radius 2 is 1.70 bits per heavy atom. The summed E-state index contributed by atoms with van der Waals surface area (Å²) in [6.07, 6.45) is 0.646. The Bertz CT molecular complexity index is 795. The van der Waals surface area contributed by atoms with Gasteiger partial charge < -0.3 is 9.47 Å². The van der Waals surface area contributed by atoms with Crippen molar-refractivity contribution >= 4 is 16.7 Å². The SMILES string of the molecule is CCCn1c(C(=O)N(CC)CC)cc2cc(F)c(F)cc2c1=O. The average molecular weight is 322 g/mol. The molecule has 0 aliphatic carbocycles. The van der Waals surface area contributed by atoms with Crippen LogP contribution in [-0.2, 0) is 6.54 Å². The summed E-state index contributed by atoms with van der Waals surface area (Å²) < 4.78 is 28.3. The number of fused-ring (bicyclic) bond motifs is 1. The number of pyridine rings is 1. The molecular weight excluding hydrogens is 302 g/mol. The summed E-state index contributed by atoms with van der Waals surface area (Å²) in [6.45, 7) is 6.93. The van der Waals surface area contributed by atoms with Gasteiger partial charge in [0.2, 0.25) is 0 Å². The fourth-order valence-electron chi connectivity index (χ4n) is 2.64. The number of carbonyl (C=O) groups excluding carboxylic acids is 1. The number of amides is 1. The summed E-state index contributed by atoms with van der Waals surface area (Å²) >= 11 is 0. The minimum Gasteiger partial charge on any atom is -0.338 e. The minimum absolute atomic E-state index is 0.0773. The summed E-state index contributed by atoms with van der Waals surface area (Å²) in [5.74, 6) is -2.39. The first-order chi connectivity index (χ1) is 10.9. The molecule has 0 N–H and O–H groups in total. The third-order valence-corrected chi connectivity index (χ3v) is 3.87. The van der Waals surface area contributed by atoms with E-state index >= 15 is 0 Å². The van der Waals surface area contributed by atoms with Crippen LogP contribution in [0.15, 0.2) is 23.0 Å². The Morgan fingerprint density at radius 3 is 2.26 bits per heavy atom. The molecule has 0 bridgehead atoms. The van der Waals surface area contributed by atoms with Crippen molar-refractivity contribution in [2.45, 2.75) is 33.7 Å². The third kappa shape index (κ3) is 3.11. The number of hydrogen-bond donors (Lipinski definition) is 0. The van der Waals surface area contributed by atoms with Crippen LogP contribution < -0.4 is 5.56 Å². The van der Waals surface area contributed by atoms with Gasteiger partial charge in [0.25, 0.3) is 11.5 Å². The Balaban J connectivity index is 2.77. The Morgan fingerprint density at radius 1 is 1.09 bits per heavy atom. The molecule has 0 fully saturated rings. The van der Waals surface area contributed by atoms with E-state index in [-0.39, 0.29) is 22.4 Å². The molecule has 2 rings (SSSR count). The lowest BCUT2D eigenvalue weighted by Gasteiger charge is -2.21. The van der Waals surface area contributed by atoms with Crippen LogP contribution in [0.25, 0.3) is 10.8 Å². The van der Waals surface area contributed by atoms with Crippen LogP contribution in [0.5, 0.6) is 0 Å². The van der Waals surface area contributed by atoms with Crippen LogP contribution in [0.3, 0.4) is 0 Å². The van der Waals surface area contributed by atoms with E-state index in [1.54, 1.807) is 4.90 Å². The molecule has 6 heteroatoms. The first kappa shape index (κ1) is 17.1. The highest BCUT2D eigenvalue weighted by Crippen LogP contribution is 2.18. The zero-order valence-electron chi connectivity index (χ0n) is 13.5. The summed E-state index contributed by atoms with van der Waals surface area (Å²) in [4.78, 5) is 26.8. The lowest BCUT2D eigenvalue weighted by Crippen LogP contribution is -2.36. The Kier molecular flexibility index (Phi) is 5.13. The van der Waals surface area contributed by atoms with Gasteiger partial charge in [-0.2, -0.15) is 0 Å². The van der Waals surface area contributed by atoms with Gasteiger partial charge in [0.1, 0.15) is 5.69 Å². The molecule has 0 aliphatic rings. The number of halogens is 2. The summed E-state index contributed by atoms with van der Waals surface area (Å²) in [5, 5.41) is 0.310. The van der Waals surface area contributed by atoms with E-state index in [1.807, 2.05) is 20.8 Å². The minimum atomic E-state index is -1.07. The van der Waals surface area contributed by atoms with Crippen molar-refractivity contribution < 1.29 is 13.6 Å². The molecule has 0 spiro atoms. The quantitative estimate of drug-likeness (QED) is 0.848. The topological polar surface area (TPSA) is 42.3 Å². The fourth-order valence-corrected chi connectivity index (χ4v) is 2.64. The molecule has 0 unspecified atom stereocenters. The number of rotatable bonds is 5. The maximum atomic E-state index is 13.5. The molecule has 124 valence electrons. The number of benzene rings is 1. The average Bonchev–Trinajstić information content (AvgIpc) is 2.53. The smallest absolute Gasteiger partial charge is 0.270 e. The molecule has 1 aromatic carbocycles. The Hall–Kier alpha value is -2.24. The van der Waals surface area contributed by atoms with E-state index < -0.39 is 17.2 Å². The molecule has 1 aromatic heterocycles. The van der Waals surface area contributed by atoms with E-state index in [0.29, 0.717) is 26.1 Å². The maximum absolute atomic E-state index is 13.5. The highest BCUT2D eigenvalue weighted by Gasteiger charge is 2.20. The van der Waals surface area contributed by atoms with Crippen LogP contribution in [-0.4, -0.2) is 28.5 Å². The second-order valence-electron chi connectivity index (χ2n) is 5.32. The molecule has 0 saturated carbocycles. The first-order valence-corrected chi connectivity index (χ1v) is 7.76. The number of carbonyl (C=O) groups is 1. The van der Waals surface area contributed by atoms with Crippen LogP contribution in [0.4, 0.5) is 8.78 Å². The van der Waals surface area contributed by atoms with E-state index in [1.165, 1.54) is 10.6 Å². The summed E-state index contributed by atoms with van der Waals surface area (Å²) in [7, 11) is 0. The van der Waals surface area contributed by atoms with Crippen molar-refractivity contribution in [3.8, 4) is 0 Å². The number of aromatic nitrogens is 1. The van der Waals surface area contributed by atoms with Gasteiger partial charge in [-0.15, -0.1) is 0 Å². The lowest BCUT2D eigenvalue weighted by molar-refractivity contribution is 0.0760. The molecular formula is C17H20F2N2O2. The second kappa shape index (κ2) is 6.89. The fraction of sp³-hybridized carbons (Fsp3) is 0.412. The molecule has 0 atom stereocenters. The van der Waals surface area contributed by atoms with E-state index in [2.05, 4.69) is 0 Å². The predicted octanol–water partition coefficient (Wildman–Crippen LogP) is 3.17. The van der Waals surface area contributed by atoms with E-state index in [4.69, 9.17) is 0 Å². The third-order valence-electron chi connectivity index (χ3n) is 3.87. The normalized spacial score (nSPS) is 11.0. The van der Waals surface area contributed by atoms with Crippen molar-refractivity contribution in [2.24, 2.45) is 0 Å². The largest absolute Gasteiger partial charge is 0.338 e. The van der Waals surface area contributed by atoms with Crippen LogP contribution in [0, 0.1) is 11.6 Å². The number of nitrogens with zero attached hydrogens (tertiary/aromatic N) is 2. The van der Waals surface area contributed by atoms with Crippen molar-refractivity contribution in [3.05, 3.63) is 45.9 Å². The van der Waals surface area contributed by atoms with Gasteiger partial charge in [-0.05, 0) is 43.9 Å². The highest BCUT2D eigenvalue weighted by atomic mass is 19.2. The molecule has 0 radical (unpaired) electrons. The first-order valence-electron chi connectivity index (χ1n) is 7.76. The van der Waals surface area contributed by atoms with Gasteiger partial charge in [-0.25, -0.2) is 8.78 Å². The zero-order valence-corrected chi connectivity index (χ0v) is 13.5. The number of hydrogen-bond acceptors (Lipinski definition) is 2. The van der Waals surface area contributed by atoms with Gasteiger partial charge in [0, 0.05) is 19.6 Å². The summed E-state index contributed by atoms with van der Waals surface area (Å²) in [5.41, 5.74) is -0.266. The van der Waals surface area contributed by atoms with Gasteiger partial charge >= 0.3 is 0 Å². The van der Waals surface area contributed by atoms with E-state index in [9.17, 15) is 18.4 Å². The molecule has 2 aromatic rings. The lowest BCUT2D eigenvalue weighted by atomic mass is 10.1. The van der Waals surface area contributed by atoms with Gasteiger partial charge in [0.15, 0.2) is 11.6 Å². The van der Waals surface area contributed by atoms with Crippen LogP contribution >= 0.6 is 0 Å². The predicted molar refractivity (Wildman–Crippen MR) is 85.7 cm³/mol. The molecule has 1 amide bonds. The van der Waals surface area contributed by atoms with Crippen molar-refractivity contribution in [2.75, 3.05) is 13.1 Å². The Labute approximate surface area is 133 Å². The van der Waals surface area contributed by atoms with Crippen LogP contribution in [0.1, 0.15) is 37.7 Å². The van der Waals surface area contributed by atoms with Gasteiger partial charge in [-0.1, -0.05) is 6.92 Å². The van der Waals surface area contributed by atoms with Crippen molar-refractivity contribution in [1.29, 1.82) is 0 Å². The van der Waals surface area contributed by atoms with Crippen molar-refractivity contribution in [3.63, 3.8) is 0 Å². The molecule has 1 heterocycles. The molecule has 4 nitrogen and oxygen atoms in total. The standard InChI is InChI=1S/C17H20F2N2O2/c1-4-7-21-15(17(23)20(5-2)6-3)9-11-8-13(18)14(19)10-12(11)16(21)22/h8-10H,4-7H2,1-3H3. The van der Waals surface area contributed by atoms with Crippen molar-refractivity contribution in [1.82, 2.24) is 9.47 Å². The second-order valence-corrected chi connectivity index (χ2v) is 5.32. The summed E-state index contributed by atoms with van der Waals surface area (Å²) in [6, 6.07) is 3.32.